The van der Waals surface area contributed by atoms with E-state index in [1.54, 1.807) is 0 Å². The van der Waals surface area contributed by atoms with Crippen LogP contribution < -0.4 is 10.1 Å². The van der Waals surface area contributed by atoms with E-state index in [1.165, 1.54) is 0 Å². The molecule has 6 heteroatoms. The Kier molecular flexibility index (Phi) is 8.27. The van der Waals surface area contributed by atoms with E-state index in [4.69, 9.17) is 14.2 Å². The summed E-state index contributed by atoms with van der Waals surface area (Å²) >= 11 is 3.29. The van der Waals surface area contributed by atoms with Crippen molar-refractivity contribution in [1.29, 1.82) is 0 Å². The van der Waals surface area contributed by atoms with Gasteiger partial charge in [0.05, 0.1) is 13.2 Å². The zero-order chi connectivity index (χ0) is 16.4. The monoisotopic (exact) mass is 373 g/mol. The van der Waals surface area contributed by atoms with Crippen LogP contribution in [0.4, 0.5) is 4.79 Å². The van der Waals surface area contributed by atoms with Crippen molar-refractivity contribution in [3.63, 3.8) is 0 Å². The summed E-state index contributed by atoms with van der Waals surface area (Å²) in [5.41, 5.74) is 0.390. The first-order chi connectivity index (χ1) is 10.4. The van der Waals surface area contributed by atoms with E-state index in [-0.39, 0.29) is 0 Å². The van der Waals surface area contributed by atoms with Crippen LogP contribution in [-0.4, -0.2) is 36.8 Å². The summed E-state index contributed by atoms with van der Waals surface area (Å²) < 4.78 is 16.2. The van der Waals surface area contributed by atoms with Gasteiger partial charge in [0.1, 0.15) is 18.0 Å². The van der Waals surface area contributed by atoms with Gasteiger partial charge in [-0.05, 0) is 26.8 Å². The number of nitrogens with one attached hydrogen (secondary N) is 1. The molecular weight excluding hydrogens is 350 g/mol. The van der Waals surface area contributed by atoms with Crippen molar-refractivity contribution >= 4 is 22.0 Å². The molecule has 0 radical (unpaired) electrons. The molecule has 22 heavy (non-hydrogen) atoms. The number of carbonyl (C=O) groups is 1. The third-order valence-electron chi connectivity index (χ3n) is 2.50. The van der Waals surface area contributed by atoms with Gasteiger partial charge in [0, 0.05) is 17.4 Å². The highest BCUT2D eigenvalue weighted by Crippen LogP contribution is 2.18. The summed E-state index contributed by atoms with van der Waals surface area (Å²) in [5, 5.41) is 3.54. The molecule has 5 nitrogen and oxygen atoms in total. The molecule has 0 atom stereocenters. The van der Waals surface area contributed by atoms with Crippen LogP contribution in [0.15, 0.2) is 24.3 Å². The molecule has 0 aromatic heterocycles. The number of alkyl carbamates (subject to hydrolysis) is 1. The summed E-state index contributed by atoms with van der Waals surface area (Å²) in [6, 6.07) is 7.58. The van der Waals surface area contributed by atoms with Gasteiger partial charge in [-0.25, -0.2) is 4.79 Å². The molecule has 0 aliphatic carbocycles. The van der Waals surface area contributed by atoms with Crippen molar-refractivity contribution in [1.82, 2.24) is 5.32 Å². The lowest BCUT2D eigenvalue weighted by atomic mass is 10.2. The highest BCUT2D eigenvalue weighted by molar-refractivity contribution is 9.09. The van der Waals surface area contributed by atoms with Crippen LogP contribution in [0.2, 0.25) is 0 Å². The zero-order valence-corrected chi connectivity index (χ0v) is 14.9. The zero-order valence-electron chi connectivity index (χ0n) is 13.4. The predicted molar refractivity (Wildman–Crippen MR) is 89.6 cm³/mol. The molecule has 0 fully saturated rings. The SMILES string of the molecule is CC(C)(C)OC(=O)NCc1ccccc1OCCOCCBr. The van der Waals surface area contributed by atoms with Crippen LogP contribution in [0.3, 0.4) is 0 Å². The molecule has 1 aromatic carbocycles. The minimum atomic E-state index is -0.507. The number of hydrogen-bond donors (Lipinski definition) is 1. The Labute approximate surface area is 140 Å². The Balaban J connectivity index is 2.44. The van der Waals surface area contributed by atoms with Gasteiger partial charge in [0.25, 0.3) is 0 Å². The van der Waals surface area contributed by atoms with Crippen LogP contribution in [0.25, 0.3) is 0 Å². The molecule has 1 rings (SSSR count). The smallest absolute Gasteiger partial charge is 0.407 e. The van der Waals surface area contributed by atoms with E-state index in [0.29, 0.717) is 26.4 Å². The molecule has 0 unspecified atom stereocenters. The van der Waals surface area contributed by atoms with Crippen LogP contribution in [0, 0.1) is 0 Å². The maximum atomic E-state index is 11.7. The predicted octanol–water partition coefficient (Wildman–Crippen LogP) is 3.50. The Morgan fingerprint density at radius 1 is 1.18 bits per heavy atom. The second kappa shape index (κ2) is 9.69. The van der Waals surface area contributed by atoms with Gasteiger partial charge in [-0.1, -0.05) is 34.1 Å². The number of alkyl halides is 1. The van der Waals surface area contributed by atoms with E-state index in [9.17, 15) is 4.79 Å². The lowest BCUT2D eigenvalue weighted by molar-refractivity contribution is 0.0523. The molecule has 0 saturated heterocycles. The number of para-hydroxylation sites is 1. The lowest BCUT2D eigenvalue weighted by Crippen LogP contribution is -2.32. The van der Waals surface area contributed by atoms with Gasteiger partial charge in [0.15, 0.2) is 0 Å². The van der Waals surface area contributed by atoms with Crippen LogP contribution in [0.1, 0.15) is 26.3 Å². The maximum Gasteiger partial charge on any atom is 0.407 e. The Bertz CT molecular complexity index is 460. The van der Waals surface area contributed by atoms with Crippen molar-refractivity contribution in [2.24, 2.45) is 0 Å². The molecule has 1 N–H and O–H groups in total. The van der Waals surface area contributed by atoms with Crippen molar-refractivity contribution < 1.29 is 19.0 Å². The first kappa shape index (κ1) is 18.8. The molecule has 0 aliphatic rings. The fourth-order valence-electron chi connectivity index (χ4n) is 1.64. The highest BCUT2D eigenvalue weighted by atomic mass is 79.9. The molecule has 0 heterocycles. The summed E-state index contributed by atoms with van der Waals surface area (Å²) in [7, 11) is 0. The van der Waals surface area contributed by atoms with Crippen LogP contribution in [-0.2, 0) is 16.0 Å². The van der Waals surface area contributed by atoms with Crippen molar-refractivity contribution in [3.8, 4) is 5.75 Å². The normalized spacial score (nSPS) is 11.1. The summed E-state index contributed by atoms with van der Waals surface area (Å²) in [5.74, 6) is 0.737. The Hall–Kier alpha value is -1.27. The van der Waals surface area contributed by atoms with Crippen LogP contribution >= 0.6 is 15.9 Å². The Morgan fingerprint density at radius 3 is 2.59 bits per heavy atom. The standard InChI is InChI=1S/C16H24BrNO4/c1-16(2,3)22-15(19)18-12-13-6-4-5-7-14(13)21-11-10-20-9-8-17/h4-7H,8-12H2,1-3H3,(H,18,19). The maximum absolute atomic E-state index is 11.7. The van der Waals surface area contributed by atoms with Gasteiger partial charge in [-0.15, -0.1) is 0 Å². The molecule has 0 bridgehead atoms. The first-order valence-corrected chi connectivity index (χ1v) is 8.36. The number of halogens is 1. The fourth-order valence-corrected chi connectivity index (χ4v) is 1.87. The summed E-state index contributed by atoms with van der Waals surface area (Å²) in [6.07, 6.45) is -0.442. The van der Waals surface area contributed by atoms with Crippen molar-refractivity contribution in [2.45, 2.75) is 32.9 Å². The van der Waals surface area contributed by atoms with E-state index >= 15 is 0 Å². The van der Waals surface area contributed by atoms with Gasteiger partial charge in [-0.2, -0.15) is 0 Å². The summed E-state index contributed by atoms with van der Waals surface area (Å²) in [4.78, 5) is 11.7. The third kappa shape index (κ3) is 8.24. The van der Waals surface area contributed by atoms with Crippen LogP contribution in [0.5, 0.6) is 5.75 Å². The number of rotatable bonds is 8. The highest BCUT2D eigenvalue weighted by Gasteiger charge is 2.16. The van der Waals surface area contributed by atoms with E-state index in [2.05, 4.69) is 21.2 Å². The average Bonchev–Trinajstić information content (AvgIpc) is 2.44. The lowest BCUT2D eigenvalue weighted by Gasteiger charge is -2.20. The average molecular weight is 374 g/mol. The topological polar surface area (TPSA) is 56.8 Å². The van der Waals surface area contributed by atoms with Crippen molar-refractivity contribution in [3.05, 3.63) is 29.8 Å². The molecular formula is C16H24BrNO4. The minimum Gasteiger partial charge on any atom is -0.491 e. The van der Waals surface area contributed by atoms with Gasteiger partial charge in [-0.3, -0.25) is 0 Å². The van der Waals surface area contributed by atoms with Gasteiger partial charge < -0.3 is 19.5 Å². The summed E-state index contributed by atoms with van der Waals surface area (Å²) in [6.45, 7) is 7.50. The number of amides is 1. The molecule has 1 amide bonds. The number of carbonyl (C=O) groups excluding carboxylic acids is 1. The second-order valence-corrected chi connectivity index (χ2v) is 6.41. The van der Waals surface area contributed by atoms with Gasteiger partial charge in [0.2, 0.25) is 0 Å². The minimum absolute atomic E-state index is 0.355. The number of ether oxygens (including phenoxy) is 3. The van der Waals surface area contributed by atoms with Gasteiger partial charge >= 0.3 is 6.09 Å². The third-order valence-corrected chi connectivity index (χ3v) is 2.83. The van der Waals surface area contributed by atoms with E-state index in [0.717, 1.165) is 16.6 Å². The van der Waals surface area contributed by atoms with Crippen molar-refractivity contribution in [2.75, 3.05) is 25.2 Å². The quantitative estimate of drug-likeness (QED) is 0.559. The van der Waals surface area contributed by atoms with E-state index in [1.807, 2.05) is 45.0 Å². The molecule has 124 valence electrons. The van der Waals surface area contributed by atoms with E-state index < -0.39 is 11.7 Å². The fraction of sp³-hybridized carbons (Fsp3) is 0.562. The largest absolute Gasteiger partial charge is 0.491 e. The number of hydrogen-bond acceptors (Lipinski definition) is 4. The molecule has 1 aromatic rings. The first-order valence-electron chi connectivity index (χ1n) is 7.23. The molecule has 0 saturated carbocycles. The molecule has 0 aliphatic heterocycles. The molecule has 0 spiro atoms. The Morgan fingerprint density at radius 2 is 1.91 bits per heavy atom. The number of benzene rings is 1. The second-order valence-electron chi connectivity index (χ2n) is 5.61.